The molecule has 17 heavy (non-hydrogen) atoms. The Balaban J connectivity index is 2.08. The van der Waals surface area contributed by atoms with Gasteiger partial charge in [-0.05, 0) is 36.6 Å². The molecule has 0 aliphatic rings. The van der Waals surface area contributed by atoms with Crippen molar-refractivity contribution < 1.29 is 0 Å². The van der Waals surface area contributed by atoms with Crippen LogP contribution in [0, 0.1) is 13.8 Å². The Labute approximate surface area is 106 Å². The molecule has 0 saturated carbocycles. The van der Waals surface area contributed by atoms with Crippen LogP contribution in [0.15, 0.2) is 41.6 Å². The van der Waals surface area contributed by atoms with E-state index in [0.717, 1.165) is 22.0 Å². The predicted octanol–water partition coefficient (Wildman–Crippen LogP) is 3.57. The molecule has 88 valence electrons. The Hall–Kier alpha value is -1.48. The molecule has 1 heterocycles. The monoisotopic (exact) mass is 244 g/mol. The van der Waals surface area contributed by atoms with E-state index in [1.54, 1.807) is 18.0 Å². The summed E-state index contributed by atoms with van der Waals surface area (Å²) in [7, 11) is 0. The van der Waals surface area contributed by atoms with Crippen molar-refractivity contribution in [3.05, 3.63) is 53.2 Å². The fourth-order valence-corrected chi connectivity index (χ4v) is 2.56. The molecule has 2 nitrogen and oxygen atoms in total. The molecule has 0 bridgehead atoms. The van der Waals surface area contributed by atoms with Gasteiger partial charge in [0.25, 0.3) is 0 Å². The number of thioether (sulfide) groups is 1. The first-order chi connectivity index (χ1) is 8.16. The maximum Gasteiger partial charge on any atom is 0.0967 e. The number of pyridine rings is 1. The second-order valence-electron chi connectivity index (χ2n) is 4.09. The van der Waals surface area contributed by atoms with Gasteiger partial charge in [0.1, 0.15) is 0 Å². The molecule has 0 spiro atoms. The van der Waals surface area contributed by atoms with Crippen molar-refractivity contribution in [2.75, 3.05) is 5.73 Å². The average molecular weight is 244 g/mol. The highest BCUT2D eigenvalue weighted by molar-refractivity contribution is 7.98. The number of nitrogen functional groups attached to an aromatic ring is 1. The van der Waals surface area contributed by atoms with Gasteiger partial charge in [-0.1, -0.05) is 24.3 Å². The van der Waals surface area contributed by atoms with Crippen LogP contribution in [0.1, 0.15) is 16.7 Å². The van der Waals surface area contributed by atoms with E-state index in [0.29, 0.717) is 0 Å². The summed E-state index contributed by atoms with van der Waals surface area (Å²) in [4.78, 5) is 4.32. The normalized spacial score (nSPS) is 10.5. The van der Waals surface area contributed by atoms with Gasteiger partial charge in [-0.15, -0.1) is 11.8 Å². The number of benzene rings is 1. The molecule has 2 rings (SSSR count). The van der Waals surface area contributed by atoms with Gasteiger partial charge in [0, 0.05) is 5.75 Å². The third kappa shape index (κ3) is 3.01. The number of aryl methyl sites for hydroxylation is 2. The first-order valence-electron chi connectivity index (χ1n) is 5.56. The molecule has 0 aliphatic carbocycles. The molecule has 1 aromatic heterocycles. The summed E-state index contributed by atoms with van der Waals surface area (Å²) in [6.45, 7) is 4.15. The van der Waals surface area contributed by atoms with Crippen LogP contribution >= 0.6 is 11.8 Å². The molecule has 0 radical (unpaired) electrons. The largest absolute Gasteiger partial charge is 0.397 e. The molecular weight excluding hydrogens is 228 g/mol. The first-order valence-corrected chi connectivity index (χ1v) is 6.55. The second-order valence-corrected chi connectivity index (χ2v) is 5.09. The first kappa shape index (κ1) is 12.0. The Kier molecular flexibility index (Phi) is 3.69. The Morgan fingerprint density at radius 2 is 1.94 bits per heavy atom. The van der Waals surface area contributed by atoms with Crippen molar-refractivity contribution in [1.82, 2.24) is 4.98 Å². The highest BCUT2D eigenvalue weighted by Gasteiger charge is 2.02. The van der Waals surface area contributed by atoms with Gasteiger partial charge in [0.15, 0.2) is 0 Å². The van der Waals surface area contributed by atoms with Gasteiger partial charge >= 0.3 is 0 Å². The van der Waals surface area contributed by atoms with Gasteiger partial charge in [0.2, 0.25) is 0 Å². The fourth-order valence-electron chi connectivity index (χ4n) is 1.54. The number of hydrogen-bond acceptors (Lipinski definition) is 3. The molecule has 0 saturated heterocycles. The lowest BCUT2D eigenvalue weighted by Gasteiger charge is -2.06. The van der Waals surface area contributed by atoms with Gasteiger partial charge in [-0.25, -0.2) is 4.98 Å². The Morgan fingerprint density at radius 3 is 2.65 bits per heavy atom. The molecule has 0 aliphatic heterocycles. The lowest BCUT2D eigenvalue weighted by atomic mass is 10.1. The number of nitrogens with two attached hydrogens (primary N) is 1. The second kappa shape index (κ2) is 5.23. The molecule has 2 N–H and O–H groups in total. The average Bonchev–Trinajstić information content (AvgIpc) is 2.32. The molecule has 0 unspecified atom stereocenters. The van der Waals surface area contributed by atoms with Crippen molar-refractivity contribution in [3.63, 3.8) is 0 Å². The minimum absolute atomic E-state index is 0.755. The summed E-state index contributed by atoms with van der Waals surface area (Å²) in [5.41, 5.74) is 10.3. The summed E-state index contributed by atoms with van der Waals surface area (Å²) in [6, 6.07) is 10.5. The molecule has 1 aromatic carbocycles. The SMILES string of the molecule is Cc1cc(SCc2ccccc2C)ncc1N. The zero-order valence-electron chi connectivity index (χ0n) is 10.1. The van der Waals surface area contributed by atoms with E-state index in [4.69, 9.17) is 5.73 Å². The number of rotatable bonds is 3. The van der Waals surface area contributed by atoms with E-state index >= 15 is 0 Å². The lowest BCUT2D eigenvalue weighted by Crippen LogP contribution is -1.92. The molecule has 0 atom stereocenters. The highest BCUT2D eigenvalue weighted by Crippen LogP contribution is 2.24. The standard InChI is InChI=1S/C14H16N2S/c1-10-5-3-4-6-12(10)9-17-14-7-11(2)13(15)8-16-14/h3-8H,9,15H2,1-2H3. The van der Waals surface area contributed by atoms with E-state index < -0.39 is 0 Å². The van der Waals surface area contributed by atoms with E-state index in [9.17, 15) is 0 Å². The van der Waals surface area contributed by atoms with Crippen LogP contribution in [0.5, 0.6) is 0 Å². The van der Waals surface area contributed by atoms with Gasteiger partial charge in [-0.2, -0.15) is 0 Å². The topological polar surface area (TPSA) is 38.9 Å². The number of aromatic nitrogens is 1. The third-order valence-electron chi connectivity index (χ3n) is 2.76. The maximum atomic E-state index is 5.75. The minimum atomic E-state index is 0.755. The van der Waals surface area contributed by atoms with Crippen molar-refractivity contribution >= 4 is 17.4 Å². The van der Waals surface area contributed by atoms with Crippen LogP contribution < -0.4 is 5.73 Å². The number of anilines is 1. The van der Waals surface area contributed by atoms with Crippen molar-refractivity contribution in [1.29, 1.82) is 0 Å². The zero-order chi connectivity index (χ0) is 12.3. The van der Waals surface area contributed by atoms with Crippen LogP contribution in [-0.2, 0) is 5.75 Å². The number of nitrogens with zero attached hydrogens (tertiary/aromatic N) is 1. The van der Waals surface area contributed by atoms with E-state index in [-0.39, 0.29) is 0 Å². The van der Waals surface area contributed by atoms with E-state index in [2.05, 4.69) is 36.2 Å². The molecular formula is C14H16N2S. The summed E-state index contributed by atoms with van der Waals surface area (Å²) in [6.07, 6.45) is 1.73. The summed E-state index contributed by atoms with van der Waals surface area (Å²) < 4.78 is 0. The smallest absolute Gasteiger partial charge is 0.0967 e. The molecule has 0 amide bonds. The number of hydrogen-bond donors (Lipinski definition) is 1. The third-order valence-corrected chi connectivity index (χ3v) is 3.74. The predicted molar refractivity (Wildman–Crippen MR) is 74.1 cm³/mol. The maximum absolute atomic E-state index is 5.75. The van der Waals surface area contributed by atoms with Gasteiger partial charge in [0.05, 0.1) is 16.9 Å². The van der Waals surface area contributed by atoms with E-state index in [1.165, 1.54) is 11.1 Å². The van der Waals surface area contributed by atoms with E-state index in [1.807, 2.05) is 13.0 Å². The fraction of sp³-hybridized carbons (Fsp3) is 0.214. The van der Waals surface area contributed by atoms with Crippen molar-refractivity contribution in [2.45, 2.75) is 24.6 Å². The zero-order valence-corrected chi connectivity index (χ0v) is 10.9. The molecule has 2 aromatic rings. The Morgan fingerprint density at radius 1 is 1.18 bits per heavy atom. The van der Waals surface area contributed by atoms with Crippen LogP contribution in [0.25, 0.3) is 0 Å². The molecule has 0 fully saturated rings. The lowest BCUT2D eigenvalue weighted by molar-refractivity contribution is 1.11. The minimum Gasteiger partial charge on any atom is -0.397 e. The van der Waals surface area contributed by atoms with Crippen molar-refractivity contribution in [3.8, 4) is 0 Å². The van der Waals surface area contributed by atoms with Crippen molar-refractivity contribution in [2.24, 2.45) is 0 Å². The van der Waals surface area contributed by atoms with Crippen LogP contribution in [0.2, 0.25) is 0 Å². The van der Waals surface area contributed by atoms with Crippen LogP contribution in [0.3, 0.4) is 0 Å². The highest BCUT2D eigenvalue weighted by atomic mass is 32.2. The summed E-state index contributed by atoms with van der Waals surface area (Å²) in [5, 5.41) is 1.03. The summed E-state index contributed by atoms with van der Waals surface area (Å²) in [5.74, 6) is 0.947. The van der Waals surface area contributed by atoms with Crippen LogP contribution in [-0.4, -0.2) is 4.98 Å². The summed E-state index contributed by atoms with van der Waals surface area (Å²) >= 11 is 1.74. The Bertz CT molecular complexity index is 523. The quantitative estimate of drug-likeness (QED) is 0.839. The van der Waals surface area contributed by atoms with Gasteiger partial charge < -0.3 is 5.73 Å². The van der Waals surface area contributed by atoms with Crippen LogP contribution in [0.4, 0.5) is 5.69 Å². The van der Waals surface area contributed by atoms with Gasteiger partial charge in [-0.3, -0.25) is 0 Å². The molecule has 3 heteroatoms.